The van der Waals surface area contributed by atoms with Gasteiger partial charge in [-0.25, -0.2) is 4.39 Å². The minimum absolute atomic E-state index is 0.0623. The molecule has 0 saturated heterocycles. The highest BCUT2D eigenvalue weighted by molar-refractivity contribution is 9.10. The normalized spacial score (nSPS) is 12.7. The molecule has 0 spiro atoms. The van der Waals surface area contributed by atoms with Gasteiger partial charge in [-0.15, -0.1) is 0 Å². The van der Waals surface area contributed by atoms with E-state index < -0.39 is 0 Å². The fourth-order valence-corrected chi connectivity index (χ4v) is 3.04. The van der Waals surface area contributed by atoms with Gasteiger partial charge < -0.3 is 5.32 Å². The molecule has 6 heteroatoms. The fraction of sp³-hybridized carbons (Fsp3) is 0.400. The smallest absolute Gasteiger partial charge is 0.137 e. The second-order valence-electron chi connectivity index (χ2n) is 4.97. The van der Waals surface area contributed by atoms with E-state index in [4.69, 9.17) is 11.6 Å². The van der Waals surface area contributed by atoms with Crippen molar-refractivity contribution in [2.24, 2.45) is 7.05 Å². The lowest BCUT2D eigenvalue weighted by molar-refractivity contribution is 0.545. The molecule has 3 nitrogen and oxygen atoms in total. The molecule has 1 N–H and O–H groups in total. The van der Waals surface area contributed by atoms with Crippen LogP contribution in [0, 0.1) is 12.7 Å². The van der Waals surface area contributed by atoms with E-state index >= 15 is 0 Å². The summed E-state index contributed by atoms with van der Waals surface area (Å²) in [5.74, 6) is -0.260. The highest BCUT2D eigenvalue weighted by Gasteiger charge is 2.18. The van der Waals surface area contributed by atoms with Gasteiger partial charge in [-0.3, -0.25) is 4.68 Å². The lowest BCUT2D eigenvalue weighted by Crippen LogP contribution is -2.23. The standard InChI is InChI=1S/C15H18BrClFN3/c1-4-19-14(10-5-6-13(18)12(16)7-10)8-11-9(2)20-21(3)15(11)17/h5-7,14,19H,4,8H2,1-3H3. The third-order valence-corrected chi connectivity index (χ3v) is 4.56. The minimum atomic E-state index is -0.260. The summed E-state index contributed by atoms with van der Waals surface area (Å²) in [6.45, 7) is 4.81. The van der Waals surface area contributed by atoms with Crippen LogP contribution in [-0.4, -0.2) is 16.3 Å². The SMILES string of the molecule is CCNC(Cc1c(C)nn(C)c1Cl)c1ccc(F)c(Br)c1. The van der Waals surface area contributed by atoms with Gasteiger partial charge >= 0.3 is 0 Å². The second-order valence-corrected chi connectivity index (χ2v) is 6.18. The molecule has 0 radical (unpaired) electrons. The summed E-state index contributed by atoms with van der Waals surface area (Å²) in [5.41, 5.74) is 2.96. The topological polar surface area (TPSA) is 29.9 Å². The van der Waals surface area contributed by atoms with E-state index in [0.717, 1.165) is 23.4 Å². The Balaban J connectivity index is 2.32. The van der Waals surface area contributed by atoms with Gasteiger partial charge in [-0.05, 0) is 53.5 Å². The number of nitrogens with one attached hydrogen (secondary N) is 1. The average Bonchev–Trinajstić information content (AvgIpc) is 2.68. The maximum atomic E-state index is 13.4. The van der Waals surface area contributed by atoms with Crippen LogP contribution in [0.3, 0.4) is 0 Å². The van der Waals surface area contributed by atoms with Gasteiger partial charge in [0.25, 0.3) is 0 Å². The van der Waals surface area contributed by atoms with Crippen molar-refractivity contribution in [3.8, 4) is 0 Å². The Morgan fingerprint density at radius 1 is 1.48 bits per heavy atom. The van der Waals surface area contributed by atoms with E-state index in [1.54, 1.807) is 10.7 Å². The predicted molar refractivity (Wildman–Crippen MR) is 87.2 cm³/mol. The summed E-state index contributed by atoms with van der Waals surface area (Å²) in [4.78, 5) is 0. The molecule has 21 heavy (non-hydrogen) atoms. The van der Waals surface area contributed by atoms with E-state index in [2.05, 4.69) is 26.3 Å². The molecule has 0 fully saturated rings. The number of aryl methyl sites for hydroxylation is 2. The fourth-order valence-electron chi connectivity index (χ4n) is 2.39. The molecule has 2 rings (SSSR count). The van der Waals surface area contributed by atoms with E-state index in [1.165, 1.54) is 6.07 Å². The summed E-state index contributed by atoms with van der Waals surface area (Å²) in [7, 11) is 1.83. The first kappa shape index (κ1) is 16.5. The minimum Gasteiger partial charge on any atom is -0.310 e. The molecule has 1 atom stereocenters. The summed E-state index contributed by atoms with van der Waals surface area (Å²) in [5, 5.41) is 8.41. The maximum absolute atomic E-state index is 13.4. The van der Waals surface area contributed by atoms with E-state index in [1.807, 2.05) is 27.0 Å². The lowest BCUT2D eigenvalue weighted by atomic mass is 9.99. The zero-order valence-electron chi connectivity index (χ0n) is 12.3. The molecule has 2 aromatic rings. The lowest BCUT2D eigenvalue weighted by Gasteiger charge is -2.19. The summed E-state index contributed by atoms with van der Waals surface area (Å²) < 4.78 is 15.6. The highest BCUT2D eigenvalue weighted by atomic mass is 79.9. The van der Waals surface area contributed by atoms with Crippen molar-refractivity contribution in [3.05, 3.63) is 50.5 Å². The van der Waals surface area contributed by atoms with Crippen molar-refractivity contribution in [2.75, 3.05) is 6.54 Å². The van der Waals surface area contributed by atoms with Crippen molar-refractivity contribution in [1.82, 2.24) is 15.1 Å². The molecule has 1 unspecified atom stereocenters. The number of nitrogens with zero attached hydrogens (tertiary/aromatic N) is 2. The van der Waals surface area contributed by atoms with Crippen LogP contribution in [0.15, 0.2) is 22.7 Å². The Morgan fingerprint density at radius 2 is 2.19 bits per heavy atom. The maximum Gasteiger partial charge on any atom is 0.137 e. The van der Waals surface area contributed by atoms with Crippen molar-refractivity contribution in [1.29, 1.82) is 0 Å². The summed E-state index contributed by atoms with van der Waals surface area (Å²) in [6.07, 6.45) is 0.713. The molecule has 1 aromatic carbocycles. The third kappa shape index (κ3) is 3.65. The summed E-state index contributed by atoms with van der Waals surface area (Å²) in [6, 6.07) is 5.14. The van der Waals surface area contributed by atoms with Crippen molar-refractivity contribution >= 4 is 27.5 Å². The van der Waals surface area contributed by atoms with Gasteiger partial charge in [-0.1, -0.05) is 24.6 Å². The van der Waals surface area contributed by atoms with Gasteiger partial charge in [-0.2, -0.15) is 5.10 Å². The van der Waals surface area contributed by atoms with Crippen molar-refractivity contribution in [2.45, 2.75) is 26.3 Å². The number of rotatable bonds is 5. The van der Waals surface area contributed by atoms with Crippen LogP contribution in [0.4, 0.5) is 4.39 Å². The summed E-state index contributed by atoms with van der Waals surface area (Å²) >= 11 is 9.54. The average molecular weight is 375 g/mol. The zero-order chi connectivity index (χ0) is 15.6. The van der Waals surface area contributed by atoms with Gasteiger partial charge in [0, 0.05) is 18.7 Å². The Labute approximate surface area is 137 Å². The molecule has 114 valence electrons. The van der Waals surface area contributed by atoms with Crippen LogP contribution >= 0.6 is 27.5 Å². The first-order valence-electron chi connectivity index (χ1n) is 6.80. The molecule has 0 aliphatic heterocycles. The van der Waals surface area contributed by atoms with E-state index in [0.29, 0.717) is 16.0 Å². The molecular formula is C15H18BrClFN3. The zero-order valence-corrected chi connectivity index (χ0v) is 14.6. The monoisotopic (exact) mass is 373 g/mol. The van der Waals surface area contributed by atoms with Gasteiger partial charge in [0.1, 0.15) is 11.0 Å². The van der Waals surface area contributed by atoms with Crippen LogP contribution in [0.1, 0.15) is 29.8 Å². The Kier molecular flexibility index (Phi) is 5.41. The molecule has 0 saturated carbocycles. The Morgan fingerprint density at radius 3 is 2.71 bits per heavy atom. The number of hydrogen-bond donors (Lipinski definition) is 1. The molecule has 1 heterocycles. The number of aromatic nitrogens is 2. The molecule has 0 aliphatic carbocycles. The molecule has 0 aliphatic rings. The van der Waals surface area contributed by atoms with Crippen molar-refractivity contribution in [3.63, 3.8) is 0 Å². The van der Waals surface area contributed by atoms with Gasteiger partial charge in [0.2, 0.25) is 0 Å². The molecule has 0 amide bonds. The first-order valence-corrected chi connectivity index (χ1v) is 7.97. The quantitative estimate of drug-likeness (QED) is 0.851. The number of benzene rings is 1. The molecular weight excluding hydrogens is 357 g/mol. The third-order valence-electron chi connectivity index (χ3n) is 3.47. The number of halogens is 3. The Bertz CT molecular complexity index is 642. The van der Waals surface area contributed by atoms with Crippen LogP contribution in [0.25, 0.3) is 0 Å². The van der Waals surface area contributed by atoms with E-state index in [9.17, 15) is 4.39 Å². The molecule has 1 aromatic heterocycles. The van der Waals surface area contributed by atoms with Crippen LogP contribution < -0.4 is 5.32 Å². The second kappa shape index (κ2) is 6.90. The highest BCUT2D eigenvalue weighted by Crippen LogP contribution is 2.28. The number of likely N-dealkylation sites (N-methyl/N-ethyl adjacent to an activating group) is 1. The number of hydrogen-bond acceptors (Lipinski definition) is 2. The van der Waals surface area contributed by atoms with Crippen LogP contribution in [-0.2, 0) is 13.5 Å². The molecule has 0 bridgehead atoms. The van der Waals surface area contributed by atoms with Gasteiger partial charge in [0.15, 0.2) is 0 Å². The van der Waals surface area contributed by atoms with Gasteiger partial charge in [0.05, 0.1) is 10.2 Å². The largest absolute Gasteiger partial charge is 0.310 e. The Hall–Kier alpha value is -0.910. The van der Waals surface area contributed by atoms with Crippen molar-refractivity contribution < 1.29 is 4.39 Å². The van der Waals surface area contributed by atoms with E-state index in [-0.39, 0.29) is 11.9 Å². The van der Waals surface area contributed by atoms with Crippen LogP contribution in [0.5, 0.6) is 0 Å². The predicted octanol–water partition coefficient (Wildman–Crippen LogP) is 4.18. The first-order chi connectivity index (χ1) is 9.93. The van der Waals surface area contributed by atoms with Crippen LogP contribution in [0.2, 0.25) is 5.15 Å².